The van der Waals surface area contributed by atoms with Crippen molar-refractivity contribution in [3.63, 3.8) is 0 Å². The summed E-state index contributed by atoms with van der Waals surface area (Å²) >= 11 is 0. The number of nitrogens with one attached hydrogen (secondary N) is 1. The van der Waals surface area contributed by atoms with Crippen LogP contribution in [0.2, 0.25) is 0 Å². The first-order chi connectivity index (χ1) is 5.76. The minimum Gasteiger partial charge on any atom is -0.366 e. The molecule has 1 heterocycles. The Bertz CT molecular complexity index is 232. The molecule has 0 aromatic rings. The first-order valence-corrected chi connectivity index (χ1v) is 4.07. The summed E-state index contributed by atoms with van der Waals surface area (Å²) in [6.45, 7) is 4.20. The van der Waals surface area contributed by atoms with Gasteiger partial charge in [0.1, 0.15) is 12.7 Å². The molecule has 0 spiro atoms. The first kappa shape index (κ1) is 8.90. The maximum atomic E-state index is 10.00. The van der Waals surface area contributed by atoms with Gasteiger partial charge >= 0.3 is 0 Å². The third-order valence-electron chi connectivity index (χ3n) is 1.71. The number of hydrogen-bond donors (Lipinski definition) is 1. The topological polar surface area (TPSA) is 53.8 Å². The molecule has 1 atom stereocenters. The van der Waals surface area contributed by atoms with E-state index in [1.54, 1.807) is 0 Å². The number of nitroso groups, excluding NO2 is 1. The van der Waals surface area contributed by atoms with Crippen molar-refractivity contribution in [3.05, 3.63) is 16.7 Å². The van der Waals surface area contributed by atoms with E-state index >= 15 is 0 Å². The zero-order chi connectivity index (χ0) is 8.97. The predicted molar refractivity (Wildman–Crippen MR) is 49.1 cm³/mol. The van der Waals surface area contributed by atoms with E-state index in [2.05, 4.69) is 15.5 Å². The molecule has 1 unspecified atom stereocenters. The minimum atomic E-state index is -0.151. The molecule has 0 aliphatic carbocycles. The first-order valence-electron chi connectivity index (χ1n) is 4.07. The van der Waals surface area contributed by atoms with E-state index in [-0.39, 0.29) is 12.7 Å². The Kier molecular flexibility index (Phi) is 2.96. The van der Waals surface area contributed by atoms with Gasteiger partial charge in [-0.15, -0.1) is 0 Å². The lowest BCUT2D eigenvalue weighted by molar-refractivity contribution is 0.591. The van der Waals surface area contributed by atoms with Gasteiger partial charge in [-0.3, -0.25) is 4.99 Å². The lowest BCUT2D eigenvalue weighted by Crippen LogP contribution is -2.32. The van der Waals surface area contributed by atoms with Crippen LogP contribution in [0, 0.1) is 4.91 Å². The van der Waals surface area contributed by atoms with Gasteiger partial charge in [0.25, 0.3) is 0 Å². The second-order valence-electron chi connectivity index (χ2n) is 2.77. The van der Waals surface area contributed by atoms with Gasteiger partial charge in [0.2, 0.25) is 0 Å². The molecule has 4 nitrogen and oxygen atoms in total. The number of hydrogen-bond acceptors (Lipinski definition) is 4. The van der Waals surface area contributed by atoms with Crippen LogP contribution >= 0.6 is 0 Å². The molecule has 12 heavy (non-hydrogen) atoms. The highest BCUT2D eigenvalue weighted by atomic mass is 16.3. The van der Waals surface area contributed by atoms with Crippen LogP contribution in [0.3, 0.4) is 0 Å². The Balaban J connectivity index is 2.66. The van der Waals surface area contributed by atoms with Crippen molar-refractivity contribution in [2.45, 2.75) is 26.4 Å². The Morgan fingerprint density at radius 2 is 2.50 bits per heavy atom. The summed E-state index contributed by atoms with van der Waals surface area (Å²) in [5.41, 5.74) is 2.08. The smallest absolute Gasteiger partial charge is 0.141 e. The standard InChI is InChI=1S/C8H13N3O/c1-3-7-4-6(2)10-8(11-7)5-9-12/h4,8,10H,3,5H2,1-2H3. The molecule has 1 N–H and O–H groups in total. The fourth-order valence-electron chi connectivity index (χ4n) is 1.17. The molecular weight excluding hydrogens is 154 g/mol. The predicted octanol–water partition coefficient (Wildman–Crippen LogP) is 1.44. The molecule has 0 fully saturated rings. The van der Waals surface area contributed by atoms with E-state index in [1.165, 1.54) is 0 Å². The van der Waals surface area contributed by atoms with Gasteiger partial charge in [-0.05, 0) is 19.4 Å². The van der Waals surface area contributed by atoms with Crippen LogP contribution in [0.1, 0.15) is 20.3 Å². The third-order valence-corrected chi connectivity index (χ3v) is 1.71. The summed E-state index contributed by atoms with van der Waals surface area (Å²) in [6, 6.07) is 0. The average molecular weight is 167 g/mol. The van der Waals surface area contributed by atoms with Crippen LogP contribution in [-0.2, 0) is 0 Å². The zero-order valence-electron chi connectivity index (χ0n) is 7.37. The molecule has 0 aromatic carbocycles. The van der Waals surface area contributed by atoms with E-state index in [4.69, 9.17) is 0 Å². The maximum Gasteiger partial charge on any atom is 0.141 e. The van der Waals surface area contributed by atoms with E-state index in [0.29, 0.717) is 0 Å². The molecule has 1 rings (SSSR count). The lowest BCUT2D eigenvalue weighted by Gasteiger charge is -2.19. The molecule has 1 aliphatic heterocycles. The van der Waals surface area contributed by atoms with Gasteiger partial charge in [0, 0.05) is 11.4 Å². The van der Waals surface area contributed by atoms with Crippen LogP contribution < -0.4 is 5.32 Å². The summed E-state index contributed by atoms with van der Waals surface area (Å²) in [6.07, 6.45) is 2.73. The van der Waals surface area contributed by atoms with Crippen molar-refractivity contribution in [1.82, 2.24) is 5.32 Å². The van der Waals surface area contributed by atoms with Crippen molar-refractivity contribution in [3.8, 4) is 0 Å². The molecule has 0 amide bonds. The van der Waals surface area contributed by atoms with Gasteiger partial charge in [-0.2, -0.15) is 4.91 Å². The monoisotopic (exact) mass is 167 g/mol. The van der Waals surface area contributed by atoms with Crippen molar-refractivity contribution in [2.24, 2.45) is 10.2 Å². The fourth-order valence-corrected chi connectivity index (χ4v) is 1.17. The van der Waals surface area contributed by atoms with E-state index in [1.807, 2.05) is 19.9 Å². The molecule has 0 saturated carbocycles. The number of nitrogens with zero attached hydrogens (tertiary/aromatic N) is 2. The second-order valence-corrected chi connectivity index (χ2v) is 2.77. The Hall–Kier alpha value is -1.19. The highest BCUT2D eigenvalue weighted by Crippen LogP contribution is 2.05. The molecule has 66 valence electrons. The normalized spacial score (nSPS) is 22.3. The van der Waals surface area contributed by atoms with Crippen LogP contribution in [0.4, 0.5) is 0 Å². The van der Waals surface area contributed by atoms with Crippen molar-refractivity contribution in [2.75, 3.05) is 6.54 Å². The quantitative estimate of drug-likeness (QED) is 0.646. The maximum absolute atomic E-state index is 10.00. The van der Waals surface area contributed by atoms with Gasteiger partial charge in [-0.1, -0.05) is 12.1 Å². The van der Waals surface area contributed by atoms with Crippen LogP contribution in [-0.4, -0.2) is 18.4 Å². The Morgan fingerprint density at radius 1 is 1.75 bits per heavy atom. The number of aliphatic imine (C=N–C) groups is 1. The minimum absolute atomic E-state index is 0.151. The van der Waals surface area contributed by atoms with E-state index < -0.39 is 0 Å². The average Bonchev–Trinajstić information content (AvgIpc) is 2.04. The van der Waals surface area contributed by atoms with Crippen molar-refractivity contribution in [1.29, 1.82) is 0 Å². The third kappa shape index (κ3) is 2.15. The SMILES string of the molecule is CCC1=NC(CN=O)NC(C)=C1. The van der Waals surface area contributed by atoms with Gasteiger partial charge < -0.3 is 5.32 Å². The largest absolute Gasteiger partial charge is 0.366 e. The van der Waals surface area contributed by atoms with Crippen LogP contribution in [0.15, 0.2) is 21.9 Å². The molecule has 0 aromatic heterocycles. The summed E-state index contributed by atoms with van der Waals surface area (Å²) < 4.78 is 0. The number of rotatable bonds is 3. The Labute approximate surface area is 71.7 Å². The lowest BCUT2D eigenvalue weighted by atomic mass is 10.2. The van der Waals surface area contributed by atoms with Crippen molar-refractivity contribution < 1.29 is 0 Å². The highest BCUT2D eigenvalue weighted by Gasteiger charge is 2.11. The molecular formula is C8H13N3O. The van der Waals surface area contributed by atoms with Gasteiger partial charge in [0.15, 0.2) is 0 Å². The zero-order valence-corrected chi connectivity index (χ0v) is 7.37. The highest BCUT2D eigenvalue weighted by molar-refractivity contribution is 5.95. The van der Waals surface area contributed by atoms with Crippen LogP contribution in [0.5, 0.6) is 0 Å². The fraction of sp³-hybridized carbons (Fsp3) is 0.625. The van der Waals surface area contributed by atoms with Gasteiger partial charge in [0.05, 0.1) is 0 Å². The Morgan fingerprint density at radius 3 is 3.08 bits per heavy atom. The summed E-state index contributed by atoms with van der Waals surface area (Å²) in [5.74, 6) is 0. The molecule has 1 aliphatic rings. The van der Waals surface area contributed by atoms with Crippen molar-refractivity contribution >= 4 is 5.71 Å². The summed E-state index contributed by atoms with van der Waals surface area (Å²) in [5, 5.41) is 5.88. The van der Waals surface area contributed by atoms with E-state index in [9.17, 15) is 4.91 Å². The molecule has 4 heteroatoms. The molecule has 0 saturated heterocycles. The summed E-state index contributed by atoms with van der Waals surface area (Å²) in [7, 11) is 0. The number of allylic oxidation sites excluding steroid dienone is 2. The van der Waals surface area contributed by atoms with E-state index in [0.717, 1.165) is 17.8 Å². The van der Waals surface area contributed by atoms with Gasteiger partial charge in [-0.25, -0.2) is 0 Å². The summed E-state index contributed by atoms with van der Waals surface area (Å²) in [4.78, 5) is 14.3. The second kappa shape index (κ2) is 3.99. The molecule has 0 radical (unpaired) electrons. The van der Waals surface area contributed by atoms with Crippen LogP contribution in [0.25, 0.3) is 0 Å². The molecule has 0 bridgehead atoms.